The maximum absolute atomic E-state index is 14.0. The zero-order chi connectivity index (χ0) is 29.4. The van der Waals surface area contributed by atoms with Crippen LogP contribution in [-0.4, -0.2) is 44.3 Å². The van der Waals surface area contributed by atoms with Crippen LogP contribution in [0.1, 0.15) is 32.8 Å². The summed E-state index contributed by atoms with van der Waals surface area (Å²) >= 11 is 18.6. The molecule has 0 bridgehead atoms. The number of rotatable bonds is 12. The molecule has 1 N–H and O–H groups in total. The van der Waals surface area contributed by atoms with Crippen LogP contribution in [0.25, 0.3) is 0 Å². The van der Waals surface area contributed by atoms with E-state index in [1.165, 1.54) is 29.2 Å². The Morgan fingerprint density at radius 1 is 0.900 bits per heavy atom. The standard InChI is InChI=1S/C29H32Cl3N3O4S/c1-4-27(29(37)33-17-20(2)3)34(18-21-10-11-23(31)16-26(21)32)28(36)19-35(24-14-12-22(30)13-15-24)40(38,39)25-8-6-5-7-9-25/h5-16,20,27H,4,17-19H2,1-3H3,(H,33,37)/t27-/m1/s1. The molecule has 11 heteroatoms. The Morgan fingerprint density at radius 3 is 2.10 bits per heavy atom. The Kier molecular flexibility index (Phi) is 11.3. The van der Waals surface area contributed by atoms with Gasteiger partial charge in [-0.2, -0.15) is 0 Å². The fraction of sp³-hybridized carbons (Fsp3) is 0.310. The highest BCUT2D eigenvalue weighted by Gasteiger charge is 2.34. The summed E-state index contributed by atoms with van der Waals surface area (Å²) in [6, 6.07) is 18.0. The van der Waals surface area contributed by atoms with E-state index in [0.29, 0.717) is 33.6 Å². The Bertz CT molecular complexity index is 1420. The van der Waals surface area contributed by atoms with E-state index < -0.39 is 28.5 Å². The lowest BCUT2D eigenvalue weighted by Crippen LogP contribution is -2.52. The summed E-state index contributed by atoms with van der Waals surface area (Å²) in [6.45, 7) is 5.58. The summed E-state index contributed by atoms with van der Waals surface area (Å²) in [5.41, 5.74) is 0.821. The molecule has 0 unspecified atom stereocenters. The van der Waals surface area contributed by atoms with Gasteiger partial charge < -0.3 is 10.2 Å². The zero-order valence-electron chi connectivity index (χ0n) is 22.5. The first-order valence-electron chi connectivity index (χ1n) is 12.8. The van der Waals surface area contributed by atoms with Crippen LogP contribution in [0.5, 0.6) is 0 Å². The van der Waals surface area contributed by atoms with Crippen molar-refractivity contribution >= 4 is 62.3 Å². The van der Waals surface area contributed by atoms with E-state index in [1.807, 2.05) is 13.8 Å². The molecule has 1 atom stereocenters. The Hall–Kier alpha value is -2.78. The highest BCUT2D eigenvalue weighted by molar-refractivity contribution is 7.92. The molecule has 3 aromatic carbocycles. The average molecular weight is 625 g/mol. The van der Waals surface area contributed by atoms with Crippen molar-refractivity contribution in [2.75, 3.05) is 17.4 Å². The van der Waals surface area contributed by atoms with E-state index in [0.717, 1.165) is 4.31 Å². The van der Waals surface area contributed by atoms with Crippen LogP contribution in [0.2, 0.25) is 15.1 Å². The SMILES string of the molecule is CC[C@H](C(=O)NCC(C)C)N(Cc1ccc(Cl)cc1Cl)C(=O)CN(c1ccc(Cl)cc1)S(=O)(=O)c1ccccc1. The van der Waals surface area contributed by atoms with Crippen LogP contribution in [0, 0.1) is 5.92 Å². The molecule has 0 fully saturated rings. The highest BCUT2D eigenvalue weighted by Crippen LogP contribution is 2.27. The summed E-state index contributed by atoms with van der Waals surface area (Å²) in [4.78, 5) is 28.7. The second kappa shape index (κ2) is 14.2. The molecular weight excluding hydrogens is 593 g/mol. The molecule has 0 saturated carbocycles. The summed E-state index contributed by atoms with van der Waals surface area (Å²) < 4.78 is 28.6. The lowest BCUT2D eigenvalue weighted by atomic mass is 10.1. The summed E-state index contributed by atoms with van der Waals surface area (Å²) in [6.07, 6.45) is 0.299. The van der Waals surface area contributed by atoms with Crippen LogP contribution in [0.15, 0.2) is 77.7 Å². The number of anilines is 1. The number of hydrogen-bond acceptors (Lipinski definition) is 4. The molecule has 0 aliphatic carbocycles. The minimum Gasteiger partial charge on any atom is -0.354 e. The van der Waals surface area contributed by atoms with Gasteiger partial charge in [0.25, 0.3) is 10.0 Å². The van der Waals surface area contributed by atoms with Crippen molar-refractivity contribution in [3.05, 3.63) is 93.4 Å². The van der Waals surface area contributed by atoms with Gasteiger partial charge in [0.1, 0.15) is 12.6 Å². The Morgan fingerprint density at radius 2 is 1.52 bits per heavy atom. The van der Waals surface area contributed by atoms with Crippen molar-refractivity contribution in [2.24, 2.45) is 5.92 Å². The molecule has 0 aromatic heterocycles. The first kappa shape index (κ1) is 31.7. The Balaban J connectivity index is 2.05. The average Bonchev–Trinajstić information content (AvgIpc) is 2.92. The number of carbonyl (C=O) groups is 2. The molecule has 0 aliphatic heterocycles. The third kappa shape index (κ3) is 8.13. The van der Waals surface area contributed by atoms with Gasteiger partial charge in [-0.05, 0) is 66.4 Å². The van der Waals surface area contributed by atoms with Crippen molar-refractivity contribution in [1.29, 1.82) is 0 Å². The summed E-state index contributed by atoms with van der Waals surface area (Å²) in [5, 5.41) is 4.06. The van der Waals surface area contributed by atoms with E-state index in [2.05, 4.69) is 5.32 Å². The lowest BCUT2D eigenvalue weighted by molar-refractivity contribution is -0.140. The van der Waals surface area contributed by atoms with E-state index in [1.54, 1.807) is 55.5 Å². The first-order chi connectivity index (χ1) is 18.9. The molecule has 40 heavy (non-hydrogen) atoms. The highest BCUT2D eigenvalue weighted by atomic mass is 35.5. The second-order valence-electron chi connectivity index (χ2n) is 9.62. The minimum absolute atomic E-state index is 0.0202. The predicted octanol–water partition coefficient (Wildman–Crippen LogP) is 6.42. The first-order valence-corrected chi connectivity index (χ1v) is 15.4. The normalized spacial score (nSPS) is 12.2. The van der Waals surface area contributed by atoms with Crippen molar-refractivity contribution < 1.29 is 18.0 Å². The molecule has 0 radical (unpaired) electrons. The fourth-order valence-corrected chi connectivity index (χ4v) is 6.06. The number of amides is 2. The number of nitrogens with zero attached hydrogens (tertiary/aromatic N) is 2. The van der Waals surface area contributed by atoms with Gasteiger partial charge in [-0.3, -0.25) is 13.9 Å². The van der Waals surface area contributed by atoms with Crippen LogP contribution in [-0.2, 0) is 26.2 Å². The van der Waals surface area contributed by atoms with Crippen molar-refractivity contribution in [1.82, 2.24) is 10.2 Å². The fourth-order valence-electron chi connectivity index (χ4n) is 4.03. The molecule has 0 heterocycles. The molecule has 0 saturated heterocycles. The largest absolute Gasteiger partial charge is 0.354 e. The van der Waals surface area contributed by atoms with Crippen LogP contribution in [0.3, 0.4) is 0 Å². The number of carbonyl (C=O) groups excluding carboxylic acids is 2. The zero-order valence-corrected chi connectivity index (χ0v) is 25.6. The minimum atomic E-state index is -4.16. The van der Waals surface area contributed by atoms with E-state index in [4.69, 9.17) is 34.8 Å². The monoisotopic (exact) mass is 623 g/mol. The van der Waals surface area contributed by atoms with Gasteiger partial charge in [-0.15, -0.1) is 0 Å². The van der Waals surface area contributed by atoms with Gasteiger partial charge in [0.2, 0.25) is 11.8 Å². The molecule has 7 nitrogen and oxygen atoms in total. The van der Waals surface area contributed by atoms with Gasteiger partial charge in [0.15, 0.2) is 0 Å². The summed E-state index contributed by atoms with van der Waals surface area (Å²) in [5.74, 6) is -0.710. The Labute approximate surface area is 251 Å². The molecule has 3 rings (SSSR count). The van der Waals surface area contributed by atoms with E-state index >= 15 is 0 Å². The third-order valence-electron chi connectivity index (χ3n) is 6.15. The van der Waals surface area contributed by atoms with Gasteiger partial charge in [0.05, 0.1) is 10.6 Å². The van der Waals surface area contributed by atoms with Gasteiger partial charge in [-0.1, -0.05) is 79.8 Å². The van der Waals surface area contributed by atoms with Gasteiger partial charge in [0, 0.05) is 28.2 Å². The van der Waals surface area contributed by atoms with Gasteiger partial charge in [-0.25, -0.2) is 8.42 Å². The van der Waals surface area contributed by atoms with Crippen LogP contribution in [0.4, 0.5) is 5.69 Å². The lowest BCUT2D eigenvalue weighted by Gasteiger charge is -2.33. The topological polar surface area (TPSA) is 86.8 Å². The smallest absolute Gasteiger partial charge is 0.264 e. The van der Waals surface area contributed by atoms with Crippen molar-refractivity contribution in [2.45, 2.75) is 44.7 Å². The van der Waals surface area contributed by atoms with Gasteiger partial charge >= 0.3 is 0 Å². The predicted molar refractivity (Wildman–Crippen MR) is 161 cm³/mol. The van der Waals surface area contributed by atoms with Crippen molar-refractivity contribution in [3.63, 3.8) is 0 Å². The second-order valence-corrected chi connectivity index (χ2v) is 12.8. The number of sulfonamides is 1. The molecule has 214 valence electrons. The molecule has 3 aromatic rings. The number of benzene rings is 3. The number of nitrogens with one attached hydrogen (secondary N) is 1. The van der Waals surface area contributed by atoms with E-state index in [9.17, 15) is 18.0 Å². The molecule has 2 amide bonds. The van der Waals surface area contributed by atoms with Crippen LogP contribution < -0.4 is 9.62 Å². The quantitative estimate of drug-likeness (QED) is 0.252. The van der Waals surface area contributed by atoms with E-state index in [-0.39, 0.29) is 29.0 Å². The molecule has 0 spiro atoms. The molecule has 0 aliphatic rings. The van der Waals surface area contributed by atoms with Crippen LogP contribution >= 0.6 is 34.8 Å². The number of halogens is 3. The van der Waals surface area contributed by atoms with Crippen molar-refractivity contribution in [3.8, 4) is 0 Å². The maximum atomic E-state index is 14.0. The third-order valence-corrected chi connectivity index (χ3v) is 8.78. The summed E-state index contributed by atoms with van der Waals surface area (Å²) in [7, 11) is -4.16. The number of hydrogen-bond donors (Lipinski definition) is 1. The maximum Gasteiger partial charge on any atom is 0.264 e. The molecular formula is C29H32Cl3N3O4S.